The lowest BCUT2D eigenvalue weighted by atomic mass is 9.99. The first kappa shape index (κ1) is 28.7. The number of nitrogens with one attached hydrogen (secondary N) is 3. The number of carboxylic acid groups (broad SMARTS) is 2. The van der Waals surface area contributed by atoms with Crippen LogP contribution < -0.4 is 21.7 Å². The zero-order chi connectivity index (χ0) is 24.3. The molecular weight excluding hydrogens is 428 g/mol. The fourth-order valence-corrected chi connectivity index (χ4v) is 2.92. The van der Waals surface area contributed by atoms with E-state index in [0.717, 1.165) is 0 Å². The lowest BCUT2D eigenvalue weighted by Gasteiger charge is -2.26. The molecule has 0 fully saturated rings. The van der Waals surface area contributed by atoms with Gasteiger partial charge in [-0.2, -0.15) is 12.6 Å². The zero-order valence-electron chi connectivity index (χ0n) is 18.3. The quantitative estimate of drug-likeness (QED) is 0.166. The lowest BCUT2D eigenvalue weighted by Crippen LogP contribution is -2.58. The second-order valence-corrected chi connectivity index (χ2v) is 8.21. The normalized spacial score (nSPS) is 15.8. The fraction of sp³-hybridized carbons (Fsp3) is 0.737. The van der Waals surface area contributed by atoms with Gasteiger partial charge in [0.25, 0.3) is 0 Å². The average Bonchev–Trinajstić information content (AvgIpc) is 2.67. The third kappa shape index (κ3) is 10.5. The molecule has 0 rings (SSSR count). The van der Waals surface area contributed by atoms with Gasteiger partial charge in [0, 0.05) is 5.75 Å². The van der Waals surface area contributed by atoms with E-state index in [1.165, 1.54) is 0 Å². The van der Waals surface area contributed by atoms with Crippen molar-refractivity contribution in [2.45, 2.75) is 71.1 Å². The molecule has 0 aromatic heterocycles. The first-order valence-corrected chi connectivity index (χ1v) is 10.7. The van der Waals surface area contributed by atoms with Crippen molar-refractivity contribution in [3.05, 3.63) is 0 Å². The molecule has 11 nitrogen and oxygen atoms in total. The van der Waals surface area contributed by atoms with Crippen LogP contribution in [0.15, 0.2) is 0 Å². The summed E-state index contributed by atoms with van der Waals surface area (Å²) in [4.78, 5) is 59.6. The van der Waals surface area contributed by atoms with Gasteiger partial charge in [-0.1, -0.05) is 34.1 Å². The van der Waals surface area contributed by atoms with Crippen LogP contribution >= 0.6 is 12.6 Å². The largest absolute Gasteiger partial charge is 0.481 e. The van der Waals surface area contributed by atoms with Crippen molar-refractivity contribution in [2.75, 3.05) is 5.75 Å². The summed E-state index contributed by atoms with van der Waals surface area (Å²) >= 11 is 4.06. The molecule has 12 heteroatoms. The average molecular weight is 463 g/mol. The molecule has 0 aliphatic carbocycles. The Morgan fingerprint density at radius 1 is 0.903 bits per heavy atom. The number of nitrogens with two attached hydrogens (primary N) is 1. The standard InChI is InChI=1S/C19H34N4O7S/c1-5-10(4)15(19(29)30)23-18(28)13(8-31)22-17(27)12(6-9(2)3)21-16(26)11(20)7-14(24)25/h9-13,15,31H,5-8,20H2,1-4H3,(H,21,26)(H,22,27)(H,23,28)(H,24,25)(H,29,30)/t10-,11-,12-,13-,15-/m0/s1. The predicted molar refractivity (Wildman–Crippen MR) is 116 cm³/mol. The molecule has 178 valence electrons. The predicted octanol–water partition coefficient (Wildman–Crippen LogP) is -0.651. The number of hydrogen-bond acceptors (Lipinski definition) is 7. The topological polar surface area (TPSA) is 188 Å². The summed E-state index contributed by atoms with van der Waals surface area (Å²) in [7, 11) is 0. The number of amides is 3. The third-order valence-electron chi connectivity index (χ3n) is 4.66. The Morgan fingerprint density at radius 3 is 1.84 bits per heavy atom. The monoisotopic (exact) mass is 462 g/mol. The molecule has 0 bridgehead atoms. The highest BCUT2D eigenvalue weighted by Crippen LogP contribution is 2.09. The molecule has 0 heterocycles. The van der Waals surface area contributed by atoms with Crippen LogP contribution in [0.1, 0.15) is 47.0 Å². The fourth-order valence-electron chi connectivity index (χ4n) is 2.67. The Hall–Kier alpha value is -2.34. The van der Waals surface area contributed by atoms with Crippen molar-refractivity contribution >= 4 is 42.3 Å². The van der Waals surface area contributed by atoms with Gasteiger partial charge in [0.05, 0.1) is 12.5 Å². The van der Waals surface area contributed by atoms with Crippen LogP contribution in [0, 0.1) is 11.8 Å². The van der Waals surface area contributed by atoms with E-state index in [1.54, 1.807) is 13.8 Å². The zero-order valence-corrected chi connectivity index (χ0v) is 19.1. The molecule has 0 aliphatic rings. The molecule has 0 aromatic carbocycles. The van der Waals surface area contributed by atoms with Crippen LogP contribution in [0.25, 0.3) is 0 Å². The second-order valence-electron chi connectivity index (χ2n) is 7.85. The number of hydrogen-bond donors (Lipinski definition) is 7. The minimum Gasteiger partial charge on any atom is -0.481 e. The molecule has 7 N–H and O–H groups in total. The van der Waals surface area contributed by atoms with Crippen LogP contribution in [0.5, 0.6) is 0 Å². The number of rotatable bonds is 14. The Balaban J connectivity index is 5.30. The van der Waals surface area contributed by atoms with E-state index in [2.05, 4.69) is 28.6 Å². The summed E-state index contributed by atoms with van der Waals surface area (Å²) in [5.41, 5.74) is 5.54. The number of thiol groups is 1. The summed E-state index contributed by atoms with van der Waals surface area (Å²) in [5, 5.41) is 25.4. The Kier molecular flexibility index (Phi) is 12.8. The SMILES string of the molecule is CC[C@H](C)[C@H](NC(=O)[C@H](CS)NC(=O)[C@H](CC(C)C)NC(=O)[C@@H](N)CC(=O)O)C(=O)O. The molecular formula is C19H34N4O7S. The van der Waals surface area contributed by atoms with E-state index in [1.807, 2.05) is 13.8 Å². The summed E-state index contributed by atoms with van der Waals surface area (Å²) in [6.45, 7) is 7.10. The van der Waals surface area contributed by atoms with Crippen molar-refractivity contribution in [1.29, 1.82) is 0 Å². The molecule has 0 unspecified atom stereocenters. The van der Waals surface area contributed by atoms with Gasteiger partial charge < -0.3 is 31.9 Å². The second kappa shape index (κ2) is 13.9. The highest BCUT2D eigenvalue weighted by molar-refractivity contribution is 7.80. The van der Waals surface area contributed by atoms with E-state index in [9.17, 15) is 29.1 Å². The number of carbonyl (C=O) groups excluding carboxylic acids is 3. The smallest absolute Gasteiger partial charge is 0.326 e. The molecule has 31 heavy (non-hydrogen) atoms. The lowest BCUT2D eigenvalue weighted by molar-refractivity contribution is -0.143. The Labute approximate surface area is 187 Å². The molecule has 0 aliphatic heterocycles. The van der Waals surface area contributed by atoms with E-state index in [-0.39, 0.29) is 24.0 Å². The van der Waals surface area contributed by atoms with Gasteiger partial charge in [0.2, 0.25) is 17.7 Å². The van der Waals surface area contributed by atoms with Crippen LogP contribution in [0.3, 0.4) is 0 Å². The first-order valence-electron chi connectivity index (χ1n) is 10.1. The minimum atomic E-state index is -1.34. The summed E-state index contributed by atoms with van der Waals surface area (Å²) in [6, 6.07) is -4.67. The summed E-state index contributed by atoms with van der Waals surface area (Å²) in [5.74, 6) is -5.11. The van der Waals surface area contributed by atoms with Crippen molar-refractivity contribution in [1.82, 2.24) is 16.0 Å². The first-order chi connectivity index (χ1) is 14.3. The van der Waals surface area contributed by atoms with Gasteiger partial charge in [0.15, 0.2) is 0 Å². The third-order valence-corrected chi connectivity index (χ3v) is 5.03. The van der Waals surface area contributed by atoms with E-state index in [4.69, 9.17) is 10.8 Å². The van der Waals surface area contributed by atoms with Crippen LogP contribution in [-0.4, -0.2) is 69.8 Å². The van der Waals surface area contributed by atoms with Gasteiger partial charge in [0.1, 0.15) is 18.1 Å². The van der Waals surface area contributed by atoms with E-state index >= 15 is 0 Å². The molecule has 5 atom stereocenters. The number of carbonyl (C=O) groups is 5. The maximum atomic E-state index is 12.7. The number of aliphatic carboxylic acids is 2. The number of carboxylic acids is 2. The van der Waals surface area contributed by atoms with Crippen molar-refractivity contribution in [2.24, 2.45) is 17.6 Å². The maximum absolute atomic E-state index is 12.7. The highest BCUT2D eigenvalue weighted by atomic mass is 32.1. The van der Waals surface area contributed by atoms with Crippen LogP contribution in [0.2, 0.25) is 0 Å². The molecule has 0 saturated carbocycles. The van der Waals surface area contributed by atoms with Crippen LogP contribution in [0.4, 0.5) is 0 Å². The van der Waals surface area contributed by atoms with Crippen molar-refractivity contribution in [3.8, 4) is 0 Å². The molecule has 0 radical (unpaired) electrons. The molecule has 0 saturated heterocycles. The van der Waals surface area contributed by atoms with Gasteiger partial charge in [-0.05, 0) is 18.3 Å². The van der Waals surface area contributed by atoms with E-state index < -0.39 is 60.2 Å². The summed E-state index contributed by atoms with van der Waals surface area (Å²) in [6.07, 6.45) is 0.132. The van der Waals surface area contributed by atoms with Crippen molar-refractivity contribution < 1.29 is 34.2 Å². The van der Waals surface area contributed by atoms with E-state index in [0.29, 0.717) is 6.42 Å². The minimum absolute atomic E-state index is 0.0168. The van der Waals surface area contributed by atoms with Gasteiger partial charge in [-0.15, -0.1) is 0 Å². The van der Waals surface area contributed by atoms with Gasteiger partial charge in [-0.25, -0.2) is 4.79 Å². The highest BCUT2D eigenvalue weighted by Gasteiger charge is 2.31. The molecule has 0 spiro atoms. The van der Waals surface area contributed by atoms with Gasteiger partial charge >= 0.3 is 11.9 Å². The van der Waals surface area contributed by atoms with Crippen molar-refractivity contribution in [3.63, 3.8) is 0 Å². The maximum Gasteiger partial charge on any atom is 0.326 e. The Bertz CT molecular complexity index is 659. The molecule has 3 amide bonds. The molecule has 0 aromatic rings. The van der Waals surface area contributed by atoms with Gasteiger partial charge in [-0.3, -0.25) is 19.2 Å². The summed E-state index contributed by atoms with van der Waals surface area (Å²) < 4.78 is 0. The Morgan fingerprint density at radius 2 is 1.42 bits per heavy atom. The van der Waals surface area contributed by atoms with Crippen LogP contribution in [-0.2, 0) is 24.0 Å².